The fourth-order valence-electron chi connectivity index (χ4n) is 2.79. The molecule has 0 atom stereocenters. The van der Waals surface area contributed by atoms with Gasteiger partial charge in [-0.3, -0.25) is 4.79 Å². The highest BCUT2D eigenvalue weighted by Crippen LogP contribution is 2.29. The summed E-state index contributed by atoms with van der Waals surface area (Å²) >= 11 is 0. The van der Waals surface area contributed by atoms with Gasteiger partial charge in [0, 0.05) is 5.54 Å². The average molecular weight is 315 g/mol. The molecule has 0 spiro atoms. The smallest absolute Gasteiger partial charge is 0.351 e. The van der Waals surface area contributed by atoms with E-state index >= 15 is 0 Å². The minimum absolute atomic E-state index is 0.0745. The maximum absolute atomic E-state index is 12.5. The maximum atomic E-state index is 12.5. The van der Waals surface area contributed by atoms with Crippen LogP contribution in [-0.2, 0) is 17.4 Å². The molecule has 124 valence electrons. The minimum atomic E-state index is -4.35. The molecule has 1 N–H and O–H groups in total. The van der Waals surface area contributed by atoms with Crippen LogP contribution in [0.25, 0.3) is 0 Å². The lowest BCUT2D eigenvalue weighted by molar-refractivity contribution is -0.137. The zero-order valence-electron chi connectivity index (χ0n) is 13.8. The van der Waals surface area contributed by atoms with Crippen molar-refractivity contribution in [3.63, 3.8) is 0 Å². The van der Waals surface area contributed by atoms with Crippen LogP contribution in [0.15, 0.2) is 24.3 Å². The fraction of sp³-hybridized carbons (Fsp3) is 0.588. The Bertz CT molecular complexity index is 510. The standard InChI is InChI=1S/C17H24F3NO/c1-15(2,3)11-16(4,5)21-14(22)10-12-6-8-13(9-7-12)17(18,19)20/h6-9H,10-11H2,1-5H3,(H,21,22). The van der Waals surface area contributed by atoms with E-state index in [4.69, 9.17) is 0 Å². The van der Waals surface area contributed by atoms with E-state index in [0.29, 0.717) is 5.56 Å². The second-order valence-electron chi connectivity index (χ2n) is 7.54. The van der Waals surface area contributed by atoms with Crippen LogP contribution >= 0.6 is 0 Å². The lowest BCUT2D eigenvalue weighted by Crippen LogP contribution is -2.46. The van der Waals surface area contributed by atoms with E-state index in [2.05, 4.69) is 26.1 Å². The zero-order valence-corrected chi connectivity index (χ0v) is 13.8. The number of nitrogens with one attached hydrogen (secondary N) is 1. The Morgan fingerprint density at radius 1 is 1.00 bits per heavy atom. The van der Waals surface area contributed by atoms with Crippen LogP contribution in [0.2, 0.25) is 0 Å². The number of carbonyl (C=O) groups is 1. The summed E-state index contributed by atoms with van der Waals surface area (Å²) < 4.78 is 37.4. The van der Waals surface area contributed by atoms with Gasteiger partial charge in [-0.2, -0.15) is 13.2 Å². The molecule has 0 heterocycles. The van der Waals surface area contributed by atoms with Gasteiger partial charge in [-0.25, -0.2) is 0 Å². The Balaban J connectivity index is 2.66. The fourth-order valence-corrected chi connectivity index (χ4v) is 2.79. The first-order valence-corrected chi connectivity index (χ1v) is 7.26. The van der Waals surface area contributed by atoms with Crippen molar-refractivity contribution < 1.29 is 18.0 Å². The van der Waals surface area contributed by atoms with Crippen molar-refractivity contribution in [3.8, 4) is 0 Å². The van der Waals surface area contributed by atoms with E-state index in [9.17, 15) is 18.0 Å². The van der Waals surface area contributed by atoms with Gasteiger partial charge in [0.2, 0.25) is 5.91 Å². The molecular formula is C17H24F3NO. The molecular weight excluding hydrogens is 291 g/mol. The van der Waals surface area contributed by atoms with Crippen LogP contribution in [-0.4, -0.2) is 11.4 Å². The van der Waals surface area contributed by atoms with E-state index in [-0.39, 0.29) is 23.3 Å². The van der Waals surface area contributed by atoms with Crippen LogP contribution in [0, 0.1) is 5.41 Å². The van der Waals surface area contributed by atoms with Crippen molar-refractivity contribution in [1.82, 2.24) is 5.32 Å². The summed E-state index contributed by atoms with van der Waals surface area (Å²) in [5.41, 5.74) is -0.423. The average Bonchev–Trinajstić information content (AvgIpc) is 2.23. The normalized spacial score (nSPS) is 13.1. The predicted molar refractivity (Wildman–Crippen MR) is 81.4 cm³/mol. The molecule has 0 bridgehead atoms. The first kappa shape index (κ1) is 18.5. The molecule has 0 saturated heterocycles. The van der Waals surface area contributed by atoms with Crippen LogP contribution in [0.5, 0.6) is 0 Å². The van der Waals surface area contributed by atoms with E-state index in [1.807, 2.05) is 13.8 Å². The molecule has 0 saturated carbocycles. The van der Waals surface area contributed by atoms with Crippen molar-refractivity contribution in [1.29, 1.82) is 0 Å². The van der Waals surface area contributed by atoms with E-state index in [1.165, 1.54) is 12.1 Å². The molecule has 1 aromatic carbocycles. The molecule has 2 nitrogen and oxygen atoms in total. The van der Waals surface area contributed by atoms with Crippen molar-refractivity contribution in [2.24, 2.45) is 5.41 Å². The number of hydrogen-bond donors (Lipinski definition) is 1. The summed E-state index contributed by atoms with van der Waals surface area (Å²) in [7, 11) is 0. The molecule has 0 unspecified atom stereocenters. The molecule has 0 aliphatic carbocycles. The number of benzene rings is 1. The lowest BCUT2D eigenvalue weighted by Gasteiger charge is -2.33. The van der Waals surface area contributed by atoms with Gasteiger partial charge in [0.05, 0.1) is 12.0 Å². The third kappa shape index (κ3) is 6.50. The van der Waals surface area contributed by atoms with Crippen LogP contribution in [0.4, 0.5) is 13.2 Å². The third-order valence-electron chi connectivity index (χ3n) is 3.10. The number of halogens is 3. The molecule has 0 aromatic heterocycles. The number of amides is 1. The summed E-state index contributed by atoms with van der Waals surface area (Å²) in [6.45, 7) is 10.2. The van der Waals surface area contributed by atoms with Gasteiger partial charge in [0.15, 0.2) is 0 Å². The second-order valence-corrected chi connectivity index (χ2v) is 7.54. The van der Waals surface area contributed by atoms with Crippen molar-refractivity contribution in [3.05, 3.63) is 35.4 Å². The maximum Gasteiger partial charge on any atom is 0.416 e. The van der Waals surface area contributed by atoms with Crippen LogP contribution in [0.3, 0.4) is 0 Å². The number of hydrogen-bond acceptors (Lipinski definition) is 1. The molecule has 0 fully saturated rings. The number of rotatable bonds is 4. The predicted octanol–water partition coefficient (Wildman–Crippen LogP) is 4.58. The van der Waals surface area contributed by atoms with Gasteiger partial charge in [0.25, 0.3) is 0 Å². The number of alkyl halides is 3. The van der Waals surface area contributed by atoms with Crippen LogP contribution < -0.4 is 5.32 Å². The molecule has 22 heavy (non-hydrogen) atoms. The van der Waals surface area contributed by atoms with Gasteiger partial charge in [0.1, 0.15) is 0 Å². The quantitative estimate of drug-likeness (QED) is 0.866. The van der Waals surface area contributed by atoms with E-state index in [0.717, 1.165) is 18.6 Å². The van der Waals surface area contributed by atoms with E-state index in [1.54, 1.807) is 0 Å². The first-order valence-electron chi connectivity index (χ1n) is 7.26. The summed E-state index contributed by atoms with van der Waals surface area (Å²) in [5, 5.41) is 2.94. The third-order valence-corrected chi connectivity index (χ3v) is 3.10. The van der Waals surface area contributed by atoms with Crippen molar-refractivity contribution >= 4 is 5.91 Å². The molecule has 1 aromatic rings. The van der Waals surface area contributed by atoms with Gasteiger partial charge in [-0.1, -0.05) is 32.9 Å². The Labute approximate surface area is 130 Å². The highest BCUT2D eigenvalue weighted by atomic mass is 19.4. The Morgan fingerprint density at radius 3 is 1.91 bits per heavy atom. The number of carbonyl (C=O) groups excluding carboxylic acids is 1. The second kappa shape index (κ2) is 6.31. The summed E-state index contributed by atoms with van der Waals surface area (Å²) in [5.74, 6) is -0.186. The van der Waals surface area contributed by atoms with Crippen molar-refractivity contribution in [2.75, 3.05) is 0 Å². The Kier molecular flexibility index (Phi) is 5.31. The summed E-state index contributed by atoms with van der Waals surface area (Å²) in [4.78, 5) is 12.1. The van der Waals surface area contributed by atoms with Crippen molar-refractivity contribution in [2.45, 2.75) is 59.2 Å². The van der Waals surface area contributed by atoms with Gasteiger partial charge < -0.3 is 5.32 Å². The van der Waals surface area contributed by atoms with Gasteiger partial charge in [-0.05, 0) is 43.4 Å². The largest absolute Gasteiger partial charge is 0.416 e. The minimum Gasteiger partial charge on any atom is -0.351 e. The highest BCUT2D eigenvalue weighted by molar-refractivity contribution is 5.79. The monoisotopic (exact) mass is 315 g/mol. The molecule has 5 heteroatoms. The molecule has 1 rings (SSSR count). The summed E-state index contributed by atoms with van der Waals surface area (Å²) in [6.07, 6.45) is -3.47. The SMILES string of the molecule is CC(C)(C)CC(C)(C)NC(=O)Cc1ccc(C(F)(F)F)cc1. The lowest BCUT2D eigenvalue weighted by atomic mass is 9.81. The van der Waals surface area contributed by atoms with Gasteiger partial charge in [-0.15, -0.1) is 0 Å². The Morgan fingerprint density at radius 2 is 1.50 bits per heavy atom. The molecule has 1 amide bonds. The zero-order chi connectivity index (χ0) is 17.2. The Hall–Kier alpha value is -1.52. The first-order chi connectivity index (χ1) is 9.78. The van der Waals surface area contributed by atoms with Gasteiger partial charge >= 0.3 is 6.18 Å². The highest BCUT2D eigenvalue weighted by Gasteiger charge is 2.30. The molecule has 0 radical (unpaired) electrons. The summed E-state index contributed by atoms with van der Waals surface area (Å²) in [6, 6.07) is 4.70. The molecule has 0 aliphatic rings. The molecule has 0 aliphatic heterocycles. The topological polar surface area (TPSA) is 29.1 Å². The van der Waals surface area contributed by atoms with Crippen LogP contribution in [0.1, 0.15) is 52.2 Å². The van der Waals surface area contributed by atoms with E-state index < -0.39 is 11.7 Å².